The van der Waals surface area contributed by atoms with E-state index in [0.717, 1.165) is 56.6 Å². The molecule has 0 aromatic heterocycles. The van der Waals surface area contributed by atoms with Gasteiger partial charge in [-0.2, -0.15) is 0 Å². The van der Waals surface area contributed by atoms with Crippen molar-refractivity contribution in [3.05, 3.63) is 59.2 Å². The van der Waals surface area contributed by atoms with Crippen LogP contribution in [0.5, 0.6) is 11.5 Å². The van der Waals surface area contributed by atoms with E-state index >= 15 is 0 Å². The maximum atomic E-state index is 9.53. The molecule has 0 saturated heterocycles. The summed E-state index contributed by atoms with van der Waals surface area (Å²) < 4.78 is 11.3. The highest BCUT2D eigenvalue weighted by Crippen LogP contribution is 2.40. The van der Waals surface area contributed by atoms with Crippen LogP contribution in [-0.2, 0) is 12.8 Å². The second kappa shape index (κ2) is 8.14. The van der Waals surface area contributed by atoms with Crippen LogP contribution in [0, 0.1) is 5.92 Å². The quantitative estimate of drug-likeness (QED) is 0.798. The van der Waals surface area contributed by atoms with Crippen molar-refractivity contribution in [2.75, 3.05) is 20.3 Å². The highest BCUT2D eigenvalue weighted by atomic mass is 16.5. The molecule has 2 aromatic carbocycles. The summed E-state index contributed by atoms with van der Waals surface area (Å²) in [5.41, 5.74) is 10.2. The van der Waals surface area contributed by atoms with Gasteiger partial charge in [-0.1, -0.05) is 24.3 Å². The van der Waals surface area contributed by atoms with Gasteiger partial charge in [0.2, 0.25) is 0 Å². The van der Waals surface area contributed by atoms with Gasteiger partial charge in [0.25, 0.3) is 0 Å². The van der Waals surface area contributed by atoms with Crippen LogP contribution in [0.3, 0.4) is 0 Å². The molecule has 0 radical (unpaired) electrons. The molecule has 0 amide bonds. The van der Waals surface area contributed by atoms with E-state index in [0.29, 0.717) is 11.8 Å². The minimum atomic E-state index is -0.386. The normalized spacial score (nSPS) is 26.7. The maximum absolute atomic E-state index is 9.53. The molecule has 1 saturated carbocycles. The van der Waals surface area contributed by atoms with Gasteiger partial charge in [0.05, 0.1) is 20.3 Å². The van der Waals surface area contributed by atoms with Crippen LogP contribution < -0.4 is 15.2 Å². The SMILES string of the molecule is COc1cccc(OCC2CCc3cc(C4CC[C@](N)(CO)C4)ccc3C2)c1. The number of benzene rings is 2. The van der Waals surface area contributed by atoms with Crippen molar-refractivity contribution in [3.8, 4) is 11.5 Å². The fourth-order valence-electron chi connectivity index (χ4n) is 4.74. The van der Waals surface area contributed by atoms with Crippen LogP contribution in [0.25, 0.3) is 0 Å². The van der Waals surface area contributed by atoms with E-state index in [1.165, 1.54) is 16.7 Å². The predicted molar refractivity (Wildman–Crippen MR) is 111 cm³/mol. The molecule has 3 atom stereocenters. The second-order valence-corrected chi connectivity index (χ2v) is 8.59. The number of methoxy groups -OCH3 is 1. The van der Waals surface area contributed by atoms with Gasteiger partial charge in [-0.15, -0.1) is 0 Å². The number of nitrogens with two attached hydrogens (primary N) is 1. The molecule has 150 valence electrons. The highest BCUT2D eigenvalue weighted by molar-refractivity contribution is 5.37. The lowest BCUT2D eigenvalue weighted by Crippen LogP contribution is -2.40. The van der Waals surface area contributed by atoms with Crippen molar-refractivity contribution in [3.63, 3.8) is 0 Å². The van der Waals surface area contributed by atoms with Crippen LogP contribution in [0.1, 0.15) is 48.3 Å². The first-order valence-corrected chi connectivity index (χ1v) is 10.4. The number of rotatable bonds is 6. The van der Waals surface area contributed by atoms with Crippen molar-refractivity contribution in [1.29, 1.82) is 0 Å². The minimum absolute atomic E-state index is 0.0867. The lowest BCUT2D eigenvalue weighted by Gasteiger charge is -2.26. The lowest BCUT2D eigenvalue weighted by molar-refractivity contribution is 0.198. The Morgan fingerprint density at radius 2 is 1.96 bits per heavy atom. The number of aliphatic hydroxyl groups is 1. The summed E-state index contributed by atoms with van der Waals surface area (Å²) >= 11 is 0. The first kappa shape index (κ1) is 19.3. The van der Waals surface area contributed by atoms with E-state index in [9.17, 15) is 5.11 Å². The van der Waals surface area contributed by atoms with Gasteiger partial charge < -0.3 is 20.3 Å². The van der Waals surface area contributed by atoms with E-state index in [1.807, 2.05) is 24.3 Å². The molecule has 1 fully saturated rings. The Morgan fingerprint density at radius 1 is 1.11 bits per heavy atom. The summed E-state index contributed by atoms with van der Waals surface area (Å²) in [5, 5.41) is 9.53. The first-order chi connectivity index (χ1) is 13.6. The molecular weight excluding hydrogens is 350 g/mol. The van der Waals surface area contributed by atoms with Crippen LogP contribution in [0.2, 0.25) is 0 Å². The first-order valence-electron chi connectivity index (χ1n) is 10.4. The standard InChI is InChI=1S/C24H31NO3/c1-27-22-3-2-4-23(13-22)28-15-17-5-6-19-12-20(8-7-18(19)11-17)21-9-10-24(25,14-21)16-26/h2-4,7-8,12-13,17,21,26H,5-6,9-11,14-16,25H2,1H3/t17?,21?,24-/m1/s1. The summed E-state index contributed by atoms with van der Waals surface area (Å²) in [4.78, 5) is 0. The fourth-order valence-corrected chi connectivity index (χ4v) is 4.74. The maximum Gasteiger partial charge on any atom is 0.122 e. The van der Waals surface area contributed by atoms with Gasteiger partial charge in [0.1, 0.15) is 11.5 Å². The average Bonchev–Trinajstić information content (AvgIpc) is 3.14. The molecule has 0 heterocycles. The zero-order valence-corrected chi connectivity index (χ0v) is 16.7. The largest absolute Gasteiger partial charge is 0.497 e. The van der Waals surface area contributed by atoms with E-state index in [1.54, 1.807) is 7.11 Å². The number of aryl methyl sites for hydroxylation is 1. The number of hydrogen-bond acceptors (Lipinski definition) is 4. The van der Waals surface area contributed by atoms with Gasteiger partial charge in [0, 0.05) is 11.6 Å². The number of fused-ring (bicyclic) bond motifs is 1. The second-order valence-electron chi connectivity index (χ2n) is 8.59. The molecule has 2 aliphatic rings. The van der Waals surface area contributed by atoms with Crippen molar-refractivity contribution < 1.29 is 14.6 Å². The Bertz CT molecular complexity index is 821. The minimum Gasteiger partial charge on any atom is -0.497 e. The number of ether oxygens (including phenoxy) is 2. The highest BCUT2D eigenvalue weighted by Gasteiger charge is 2.36. The number of hydrogen-bond donors (Lipinski definition) is 2. The van der Waals surface area contributed by atoms with Gasteiger partial charge in [0.15, 0.2) is 0 Å². The Morgan fingerprint density at radius 3 is 2.75 bits per heavy atom. The van der Waals surface area contributed by atoms with E-state index in [2.05, 4.69) is 18.2 Å². The molecule has 4 nitrogen and oxygen atoms in total. The average molecular weight is 382 g/mol. The van der Waals surface area contributed by atoms with Gasteiger partial charge in [-0.05, 0) is 79.2 Å². The van der Waals surface area contributed by atoms with Crippen LogP contribution in [0.4, 0.5) is 0 Å². The predicted octanol–water partition coefficient (Wildman–Crippen LogP) is 3.84. The van der Waals surface area contributed by atoms with Gasteiger partial charge >= 0.3 is 0 Å². The monoisotopic (exact) mass is 381 g/mol. The van der Waals surface area contributed by atoms with Gasteiger partial charge in [-0.25, -0.2) is 0 Å². The fraction of sp³-hybridized carbons (Fsp3) is 0.500. The molecule has 3 N–H and O–H groups in total. The third-order valence-corrected chi connectivity index (χ3v) is 6.52. The summed E-state index contributed by atoms with van der Waals surface area (Å²) in [5.74, 6) is 2.73. The summed E-state index contributed by atoms with van der Waals surface area (Å²) in [7, 11) is 1.67. The molecule has 4 heteroatoms. The lowest BCUT2D eigenvalue weighted by atomic mass is 9.82. The van der Waals surface area contributed by atoms with E-state index in [4.69, 9.17) is 15.2 Å². The topological polar surface area (TPSA) is 64.7 Å². The summed E-state index contributed by atoms with van der Waals surface area (Å²) in [6.45, 7) is 0.826. The van der Waals surface area contributed by atoms with Crippen molar-refractivity contribution in [2.24, 2.45) is 11.7 Å². The number of aliphatic hydroxyl groups excluding tert-OH is 1. The zero-order valence-electron chi connectivity index (χ0n) is 16.7. The Labute approximate surface area is 167 Å². The molecule has 4 rings (SSSR count). The Hall–Kier alpha value is -2.04. The molecule has 28 heavy (non-hydrogen) atoms. The van der Waals surface area contributed by atoms with Crippen LogP contribution in [-0.4, -0.2) is 31.0 Å². The molecule has 2 aliphatic carbocycles. The van der Waals surface area contributed by atoms with Crippen molar-refractivity contribution in [1.82, 2.24) is 0 Å². The smallest absolute Gasteiger partial charge is 0.122 e. The van der Waals surface area contributed by atoms with Crippen LogP contribution >= 0.6 is 0 Å². The third kappa shape index (κ3) is 4.18. The van der Waals surface area contributed by atoms with E-state index < -0.39 is 0 Å². The molecule has 0 spiro atoms. The summed E-state index contributed by atoms with van der Waals surface area (Å²) in [6.07, 6.45) is 6.21. The summed E-state index contributed by atoms with van der Waals surface area (Å²) in [6, 6.07) is 14.8. The Kier molecular flexibility index (Phi) is 5.61. The molecule has 0 bridgehead atoms. The van der Waals surface area contributed by atoms with E-state index in [-0.39, 0.29) is 12.1 Å². The van der Waals surface area contributed by atoms with Crippen molar-refractivity contribution >= 4 is 0 Å². The zero-order chi connectivity index (χ0) is 19.6. The Balaban J connectivity index is 1.37. The molecule has 0 aliphatic heterocycles. The molecular formula is C24H31NO3. The molecule has 2 aromatic rings. The third-order valence-electron chi connectivity index (χ3n) is 6.52. The molecule has 2 unspecified atom stereocenters. The van der Waals surface area contributed by atoms with Crippen LogP contribution in [0.15, 0.2) is 42.5 Å². The van der Waals surface area contributed by atoms with Gasteiger partial charge in [-0.3, -0.25) is 0 Å². The van der Waals surface area contributed by atoms with Crippen molar-refractivity contribution in [2.45, 2.75) is 50.0 Å².